The Labute approximate surface area is 153 Å². The van der Waals surface area contributed by atoms with E-state index in [9.17, 15) is 22.4 Å². The molecule has 0 aliphatic carbocycles. The van der Waals surface area contributed by atoms with Gasteiger partial charge >= 0.3 is 0 Å². The Bertz CT molecular complexity index is 774. The van der Waals surface area contributed by atoms with Crippen molar-refractivity contribution >= 4 is 21.8 Å². The molecule has 1 aromatic rings. The highest BCUT2D eigenvalue weighted by molar-refractivity contribution is 7.88. The standard InChI is InChI=1S/C17H24FN3O4S/c1-12(2)15(19-16(22)13-6-4-5-7-14(13)18)17(23)20-8-10-21(11-9-20)26(3,24)25/h4-7,12,15H,8-11H2,1-3H3,(H,19,22). The number of carbonyl (C=O) groups excluding carboxylic acids is 2. The third kappa shape index (κ3) is 4.79. The van der Waals surface area contributed by atoms with Gasteiger partial charge < -0.3 is 10.2 Å². The lowest BCUT2D eigenvalue weighted by Gasteiger charge is -2.36. The second-order valence-corrected chi connectivity index (χ2v) is 8.64. The molecule has 1 aliphatic heterocycles. The van der Waals surface area contributed by atoms with Crippen LogP contribution in [0.5, 0.6) is 0 Å². The summed E-state index contributed by atoms with van der Waals surface area (Å²) in [5, 5.41) is 2.61. The van der Waals surface area contributed by atoms with Gasteiger partial charge in [-0.1, -0.05) is 26.0 Å². The van der Waals surface area contributed by atoms with Crippen LogP contribution in [0.25, 0.3) is 0 Å². The summed E-state index contributed by atoms with van der Waals surface area (Å²) in [6.45, 7) is 4.52. The van der Waals surface area contributed by atoms with Gasteiger partial charge in [-0.25, -0.2) is 12.8 Å². The zero-order valence-corrected chi connectivity index (χ0v) is 15.9. The van der Waals surface area contributed by atoms with Gasteiger partial charge in [-0.2, -0.15) is 4.31 Å². The Morgan fingerprint density at radius 2 is 1.69 bits per heavy atom. The van der Waals surface area contributed by atoms with Gasteiger partial charge in [0.05, 0.1) is 11.8 Å². The van der Waals surface area contributed by atoms with E-state index >= 15 is 0 Å². The van der Waals surface area contributed by atoms with Gasteiger partial charge in [0, 0.05) is 26.2 Å². The SMILES string of the molecule is CC(C)C(NC(=O)c1ccccc1F)C(=O)N1CCN(S(C)(=O)=O)CC1. The van der Waals surface area contributed by atoms with Crippen molar-refractivity contribution in [3.8, 4) is 0 Å². The number of nitrogens with one attached hydrogen (secondary N) is 1. The number of hydrogen-bond donors (Lipinski definition) is 1. The molecular weight excluding hydrogens is 361 g/mol. The van der Waals surface area contributed by atoms with E-state index in [-0.39, 0.29) is 43.6 Å². The maximum Gasteiger partial charge on any atom is 0.254 e. The zero-order chi connectivity index (χ0) is 19.5. The second-order valence-electron chi connectivity index (χ2n) is 6.66. The lowest BCUT2D eigenvalue weighted by Crippen LogP contribution is -2.57. The van der Waals surface area contributed by atoms with Crippen LogP contribution < -0.4 is 5.32 Å². The molecule has 0 spiro atoms. The fourth-order valence-electron chi connectivity index (χ4n) is 2.81. The smallest absolute Gasteiger partial charge is 0.254 e. The van der Waals surface area contributed by atoms with Crippen molar-refractivity contribution in [2.45, 2.75) is 19.9 Å². The fraction of sp³-hybridized carbons (Fsp3) is 0.529. The highest BCUT2D eigenvalue weighted by atomic mass is 32.2. The summed E-state index contributed by atoms with van der Waals surface area (Å²) >= 11 is 0. The quantitative estimate of drug-likeness (QED) is 0.808. The normalized spacial score (nSPS) is 17.2. The van der Waals surface area contributed by atoms with Crippen LogP contribution in [0, 0.1) is 11.7 Å². The number of nitrogens with zero attached hydrogens (tertiary/aromatic N) is 2. The summed E-state index contributed by atoms with van der Waals surface area (Å²) < 4.78 is 38.2. The van der Waals surface area contributed by atoms with Gasteiger partial charge in [0.2, 0.25) is 15.9 Å². The number of piperazine rings is 1. The van der Waals surface area contributed by atoms with Crippen molar-refractivity contribution < 1.29 is 22.4 Å². The third-order valence-electron chi connectivity index (χ3n) is 4.36. The van der Waals surface area contributed by atoms with E-state index in [0.29, 0.717) is 0 Å². The van der Waals surface area contributed by atoms with Crippen LogP contribution in [0.15, 0.2) is 24.3 Å². The summed E-state index contributed by atoms with van der Waals surface area (Å²) in [5.74, 6) is -1.80. The number of carbonyl (C=O) groups is 2. The monoisotopic (exact) mass is 385 g/mol. The van der Waals surface area contributed by atoms with E-state index in [1.807, 2.05) is 0 Å². The number of sulfonamides is 1. The molecule has 1 aliphatic rings. The molecule has 9 heteroatoms. The molecule has 1 fully saturated rings. The van der Waals surface area contributed by atoms with Crippen LogP contribution in [0.2, 0.25) is 0 Å². The van der Waals surface area contributed by atoms with Crippen LogP contribution in [0.3, 0.4) is 0 Å². The van der Waals surface area contributed by atoms with Crippen LogP contribution in [0.1, 0.15) is 24.2 Å². The summed E-state index contributed by atoms with van der Waals surface area (Å²) in [6.07, 6.45) is 1.13. The molecule has 1 aromatic carbocycles. The summed E-state index contributed by atoms with van der Waals surface area (Å²) in [6, 6.07) is 4.77. The molecule has 7 nitrogen and oxygen atoms in total. The van der Waals surface area contributed by atoms with Gasteiger partial charge in [0.15, 0.2) is 0 Å². The Morgan fingerprint density at radius 1 is 1.12 bits per heavy atom. The molecule has 2 rings (SSSR count). The van der Waals surface area contributed by atoms with Crippen molar-refractivity contribution in [1.82, 2.24) is 14.5 Å². The molecule has 0 radical (unpaired) electrons. The van der Waals surface area contributed by atoms with E-state index < -0.39 is 27.8 Å². The Morgan fingerprint density at radius 3 is 2.19 bits per heavy atom. The molecule has 1 atom stereocenters. The summed E-state index contributed by atoms with van der Waals surface area (Å²) in [5.41, 5.74) is -0.118. The molecule has 0 aromatic heterocycles. The number of halogens is 1. The van der Waals surface area contributed by atoms with Crippen molar-refractivity contribution in [1.29, 1.82) is 0 Å². The van der Waals surface area contributed by atoms with E-state index in [4.69, 9.17) is 0 Å². The largest absolute Gasteiger partial charge is 0.340 e. The zero-order valence-electron chi connectivity index (χ0n) is 15.1. The van der Waals surface area contributed by atoms with Gasteiger partial charge in [-0.05, 0) is 18.1 Å². The third-order valence-corrected chi connectivity index (χ3v) is 5.66. The molecule has 144 valence electrons. The number of amides is 2. The summed E-state index contributed by atoms with van der Waals surface area (Å²) in [4.78, 5) is 26.7. The maximum atomic E-state index is 13.8. The highest BCUT2D eigenvalue weighted by Gasteiger charge is 2.32. The molecule has 1 N–H and O–H groups in total. The van der Waals surface area contributed by atoms with E-state index in [1.165, 1.54) is 27.4 Å². The molecular formula is C17H24FN3O4S. The first kappa shape index (κ1) is 20.3. The van der Waals surface area contributed by atoms with Gasteiger partial charge in [0.1, 0.15) is 11.9 Å². The Kier molecular flexibility index (Phi) is 6.35. The topological polar surface area (TPSA) is 86.8 Å². The second kappa shape index (κ2) is 8.13. The van der Waals surface area contributed by atoms with Gasteiger partial charge in [-0.15, -0.1) is 0 Å². The Hall–Kier alpha value is -2.00. The Balaban J connectivity index is 2.07. The van der Waals surface area contributed by atoms with Crippen LogP contribution in [-0.4, -0.2) is 67.9 Å². The first-order valence-corrected chi connectivity index (χ1v) is 10.3. The van der Waals surface area contributed by atoms with E-state index in [1.54, 1.807) is 19.9 Å². The molecule has 1 unspecified atom stereocenters. The van der Waals surface area contributed by atoms with Crippen molar-refractivity contribution in [2.75, 3.05) is 32.4 Å². The number of rotatable bonds is 5. The molecule has 2 amide bonds. The predicted molar refractivity (Wildman–Crippen MR) is 95.5 cm³/mol. The molecule has 26 heavy (non-hydrogen) atoms. The lowest BCUT2D eigenvalue weighted by atomic mass is 10.0. The minimum atomic E-state index is -3.29. The first-order chi connectivity index (χ1) is 12.1. The average Bonchev–Trinajstić information content (AvgIpc) is 2.58. The maximum absolute atomic E-state index is 13.8. The number of benzene rings is 1. The van der Waals surface area contributed by atoms with Crippen LogP contribution in [-0.2, 0) is 14.8 Å². The average molecular weight is 385 g/mol. The van der Waals surface area contributed by atoms with Crippen LogP contribution >= 0.6 is 0 Å². The minimum absolute atomic E-state index is 0.118. The van der Waals surface area contributed by atoms with Crippen molar-refractivity contribution in [2.24, 2.45) is 5.92 Å². The molecule has 0 saturated carbocycles. The summed E-state index contributed by atoms with van der Waals surface area (Å²) in [7, 11) is -3.29. The van der Waals surface area contributed by atoms with Crippen molar-refractivity contribution in [3.63, 3.8) is 0 Å². The fourth-order valence-corrected chi connectivity index (χ4v) is 3.64. The highest BCUT2D eigenvalue weighted by Crippen LogP contribution is 2.13. The van der Waals surface area contributed by atoms with Gasteiger partial charge in [0.25, 0.3) is 5.91 Å². The van der Waals surface area contributed by atoms with Crippen molar-refractivity contribution in [3.05, 3.63) is 35.6 Å². The number of hydrogen-bond acceptors (Lipinski definition) is 4. The first-order valence-electron chi connectivity index (χ1n) is 8.40. The molecule has 0 bridgehead atoms. The van der Waals surface area contributed by atoms with E-state index in [0.717, 1.165) is 6.26 Å². The van der Waals surface area contributed by atoms with E-state index in [2.05, 4.69) is 5.32 Å². The lowest BCUT2D eigenvalue weighted by molar-refractivity contribution is -0.135. The predicted octanol–water partition coefficient (Wildman–Crippen LogP) is 0.684. The van der Waals surface area contributed by atoms with Gasteiger partial charge in [-0.3, -0.25) is 9.59 Å². The molecule has 1 saturated heterocycles. The molecule has 1 heterocycles. The minimum Gasteiger partial charge on any atom is -0.340 e. The van der Waals surface area contributed by atoms with Crippen LogP contribution in [0.4, 0.5) is 4.39 Å².